The Morgan fingerprint density at radius 3 is 2.09 bits per heavy atom. The third-order valence-corrected chi connectivity index (χ3v) is 7.92. The molecule has 1 aliphatic rings. The zero-order valence-corrected chi connectivity index (χ0v) is 28.5. The minimum Gasteiger partial charge on any atom is -0.486 e. The standard InChI is InChI=1S/C35H45BN2O9/c1-33(2,3)45-32(41)37(8)20-21-38(22-30(39)43-23-25-12-10-9-11-13-25)31(40)29-19-18-28(44-29)24-42-27-16-14-26(15-17-27)36-46-34(4,5)35(6,7)47-36/h9-19H,20-24H2,1-8H3. The summed E-state index contributed by atoms with van der Waals surface area (Å²) < 4.78 is 34.8. The summed E-state index contributed by atoms with van der Waals surface area (Å²) in [6.07, 6.45) is -0.544. The Labute approximate surface area is 277 Å². The van der Waals surface area contributed by atoms with E-state index in [1.165, 1.54) is 15.9 Å². The van der Waals surface area contributed by atoms with E-state index in [2.05, 4.69) is 0 Å². The van der Waals surface area contributed by atoms with Crippen LogP contribution in [-0.4, -0.2) is 78.4 Å². The molecule has 1 saturated heterocycles. The van der Waals surface area contributed by atoms with Crippen molar-refractivity contribution in [1.29, 1.82) is 0 Å². The Morgan fingerprint density at radius 1 is 0.830 bits per heavy atom. The van der Waals surface area contributed by atoms with Gasteiger partial charge in [-0.3, -0.25) is 9.59 Å². The molecule has 1 aromatic heterocycles. The van der Waals surface area contributed by atoms with Crippen LogP contribution < -0.4 is 10.2 Å². The maximum absolute atomic E-state index is 13.5. The predicted molar refractivity (Wildman–Crippen MR) is 176 cm³/mol. The van der Waals surface area contributed by atoms with Crippen LogP contribution in [0.15, 0.2) is 71.1 Å². The Kier molecular flexibility index (Phi) is 11.1. The van der Waals surface area contributed by atoms with E-state index in [0.29, 0.717) is 11.5 Å². The molecule has 252 valence electrons. The van der Waals surface area contributed by atoms with Crippen LogP contribution in [0.1, 0.15) is 70.3 Å². The number of nitrogens with zero attached hydrogens (tertiary/aromatic N) is 2. The van der Waals surface area contributed by atoms with Crippen LogP contribution in [-0.2, 0) is 36.8 Å². The number of amides is 2. The van der Waals surface area contributed by atoms with E-state index < -0.39 is 41.9 Å². The van der Waals surface area contributed by atoms with Gasteiger partial charge in [-0.1, -0.05) is 42.5 Å². The van der Waals surface area contributed by atoms with E-state index in [4.69, 9.17) is 27.9 Å². The van der Waals surface area contributed by atoms with E-state index in [0.717, 1.165) is 11.0 Å². The fourth-order valence-electron chi connectivity index (χ4n) is 4.47. The van der Waals surface area contributed by atoms with Crippen molar-refractivity contribution in [3.05, 3.63) is 83.8 Å². The maximum atomic E-state index is 13.5. The monoisotopic (exact) mass is 648 g/mol. The highest BCUT2D eigenvalue weighted by molar-refractivity contribution is 6.62. The fourth-order valence-corrected chi connectivity index (χ4v) is 4.47. The number of likely N-dealkylation sites (N-methyl/N-ethyl adjacent to an activating group) is 1. The third kappa shape index (κ3) is 9.85. The molecule has 0 atom stereocenters. The largest absolute Gasteiger partial charge is 0.494 e. The molecule has 2 heterocycles. The van der Waals surface area contributed by atoms with Gasteiger partial charge in [-0.25, -0.2) is 4.79 Å². The Balaban J connectivity index is 1.37. The second kappa shape index (κ2) is 14.6. The van der Waals surface area contributed by atoms with E-state index in [1.54, 1.807) is 33.9 Å². The summed E-state index contributed by atoms with van der Waals surface area (Å²) in [7, 11) is 1.09. The van der Waals surface area contributed by atoms with Gasteiger partial charge < -0.3 is 37.7 Å². The van der Waals surface area contributed by atoms with Crippen LogP contribution in [0.5, 0.6) is 5.75 Å². The molecule has 0 N–H and O–H groups in total. The van der Waals surface area contributed by atoms with Crippen LogP contribution in [0.25, 0.3) is 0 Å². The highest BCUT2D eigenvalue weighted by Crippen LogP contribution is 2.36. The van der Waals surface area contributed by atoms with Crippen LogP contribution in [0.3, 0.4) is 0 Å². The maximum Gasteiger partial charge on any atom is 0.494 e. The molecule has 2 aromatic carbocycles. The molecular formula is C35H45BN2O9. The zero-order chi connectivity index (χ0) is 34.4. The van der Waals surface area contributed by atoms with Gasteiger partial charge in [-0.15, -0.1) is 0 Å². The molecular weight excluding hydrogens is 603 g/mol. The zero-order valence-electron chi connectivity index (χ0n) is 28.5. The van der Waals surface area contributed by atoms with Gasteiger partial charge in [0, 0.05) is 20.1 Å². The lowest BCUT2D eigenvalue weighted by Gasteiger charge is -2.32. The number of hydrogen-bond acceptors (Lipinski definition) is 9. The first-order valence-corrected chi connectivity index (χ1v) is 15.6. The number of carbonyl (C=O) groups excluding carboxylic acids is 3. The molecule has 0 bridgehead atoms. The molecule has 11 nitrogen and oxygen atoms in total. The molecule has 1 fully saturated rings. The van der Waals surface area contributed by atoms with Gasteiger partial charge in [0.05, 0.1) is 11.2 Å². The van der Waals surface area contributed by atoms with E-state index >= 15 is 0 Å². The van der Waals surface area contributed by atoms with Gasteiger partial charge >= 0.3 is 19.2 Å². The van der Waals surface area contributed by atoms with Crippen LogP contribution in [0.2, 0.25) is 0 Å². The van der Waals surface area contributed by atoms with Crippen molar-refractivity contribution in [2.45, 2.75) is 78.5 Å². The number of furan rings is 1. The summed E-state index contributed by atoms with van der Waals surface area (Å²) in [6.45, 7) is 13.3. The molecule has 1 aliphatic heterocycles. The lowest BCUT2D eigenvalue weighted by atomic mass is 9.79. The summed E-state index contributed by atoms with van der Waals surface area (Å²) in [5.74, 6) is -0.0858. The number of ether oxygens (including phenoxy) is 3. The number of rotatable bonds is 12. The fraction of sp³-hybridized carbons (Fsp3) is 0.457. The van der Waals surface area contributed by atoms with E-state index in [-0.39, 0.29) is 38.6 Å². The summed E-state index contributed by atoms with van der Waals surface area (Å²) in [5.41, 5.74) is 0.147. The first kappa shape index (κ1) is 35.6. The molecule has 0 radical (unpaired) electrons. The quantitative estimate of drug-likeness (QED) is 0.193. The lowest BCUT2D eigenvalue weighted by molar-refractivity contribution is -0.145. The van der Waals surface area contributed by atoms with E-state index in [9.17, 15) is 14.4 Å². The number of carbonyl (C=O) groups is 3. The van der Waals surface area contributed by atoms with Gasteiger partial charge in [0.15, 0.2) is 5.76 Å². The molecule has 3 aromatic rings. The van der Waals surface area contributed by atoms with E-state index in [1.807, 2.05) is 82.3 Å². The Morgan fingerprint density at radius 2 is 1.47 bits per heavy atom. The smallest absolute Gasteiger partial charge is 0.486 e. The summed E-state index contributed by atoms with van der Waals surface area (Å²) in [5, 5.41) is 0. The predicted octanol–water partition coefficient (Wildman–Crippen LogP) is 5.21. The molecule has 47 heavy (non-hydrogen) atoms. The van der Waals surface area contributed by atoms with Crippen molar-refractivity contribution in [1.82, 2.24) is 9.80 Å². The summed E-state index contributed by atoms with van der Waals surface area (Å²) in [6, 6.07) is 19.8. The van der Waals surface area contributed by atoms with Gasteiger partial charge in [0.1, 0.15) is 36.9 Å². The van der Waals surface area contributed by atoms with Crippen LogP contribution >= 0.6 is 0 Å². The first-order chi connectivity index (χ1) is 22.0. The minimum absolute atomic E-state index is 0.0236. The molecule has 0 spiro atoms. The molecule has 0 unspecified atom stereocenters. The molecule has 0 saturated carbocycles. The SMILES string of the molecule is CN(CCN(CC(=O)OCc1ccccc1)C(=O)c1ccc(COc2ccc(B3OC(C)(C)C(C)(C)O3)cc2)o1)C(=O)OC(C)(C)C. The number of benzene rings is 2. The van der Waals surface area contributed by atoms with Crippen molar-refractivity contribution in [2.75, 3.05) is 26.7 Å². The average Bonchev–Trinajstić information content (AvgIpc) is 3.57. The van der Waals surface area contributed by atoms with Crippen molar-refractivity contribution in [3.63, 3.8) is 0 Å². The molecule has 0 aliphatic carbocycles. The third-order valence-electron chi connectivity index (χ3n) is 7.92. The summed E-state index contributed by atoms with van der Waals surface area (Å²) >= 11 is 0. The van der Waals surface area contributed by atoms with Crippen LogP contribution in [0, 0.1) is 0 Å². The highest BCUT2D eigenvalue weighted by Gasteiger charge is 2.51. The van der Waals surface area contributed by atoms with Crippen molar-refractivity contribution >= 4 is 30.6 Å². The minimum atomic E-state index is -0.677. The van der Waals surface area contributed by atoms with Gasteiger partial charge in [-0.05, 0) is 83.8 Å². The second-order valence-corrected chi connectivity index (χ2v) is 13.5. The second-order valence-electron chi connectivity index (χ2n) is 13.5. The topological polar surface area (TPSA) is 117 Å². The number of hydrogen-bond donors (Lipinski definition) is 0. The van der Waals surface area contributed by atoms with Gasteiger partial charge in [-0.2, -0.15) is 0 Å². The first-order valence-electron chi connectivity index (χ1n) is 15.6. The molecule has 12 heteroatoms. The van der Waals surface area contributed by atoms with Crippen LogP contribution in [0.4, 0.5) is 4.79 Å². The van der Waals surface area contributed by atoms with Crippen molar-refractivity contribution < 1.29 is 42.3 Å². The van der Waals surface area contributed by atoms with Gasteiger partial charge in [0.2, 0.25) is 0 Å². The van der Waals surface area contributed by atoms with Gasteiger partial charge in [0.25, 0.3) is 5.91 Å². The highest BCUT2D eigenvalue weighted by atomic mass is 16.7. The van der Waals surface area contributed by atoms with Crippen molar-refractivity contribution in [2.24, 2.45) is 0 Å². The molecule has 2 amide bonds. The number of esters is 1. The average molecular weight is 649 g/mol. The molecule has 4 rings (SSSR count). The lowest BCUT2D eigenvalue weighted by Crippen LogP contribution is -2.43. The van der Waals surface area contributed by atoms with Crippen molar-refractivity contribution in [3.8, 4) is 5.75 Å². The Hall–Kier alpha value is -4.29. The Bertz CT molecular complexity index is 1500. The normalized spacial score (nSPS) is 15.2. The summed E-state index contributed by atoms with van der Waals surface area (Å²) in [4.78, 5) is 41.4.